The van der Waals surface area contributed by atoms with E-state index in [2.05, 4.69) is 36.1 Å². The van der Waals surface area contributed by atoms with Crippen molar-refractivity contribution in [2.24, 2.45) is 5.92 Å². The normalized spacial score (nSPS) is 33.5. The van der Waals surface area contributed by atoms with Gasteiger partial charge in [0.2, 0.25) is 0 Å². The van der Waals surface area contributed by atoms with Gasteiger partial charge in [-0.2, -0.15) is 0 Å². The Morgan fingerprint density at radius 3 is 2.88 bits per heavy atom. The van der Waals surface area contributed by atoms with Crippen LogP contribution in [0.4, 0.5) is 0 Å². The number of aromatic nitrogens is 1. The number of fused-ring (bicyclic) bond motifs is 3. The Morgan fingerprint density at radius 1 is 1.18 bits per heavy atom. The minimum absolute atomic E-state index is 0.0555. The molecule has 3 aromatic rings. The lowest BCUT2D eigenvalue weighted by molar-refractivity contribution is -0.173. The third-order valence-electron chi connectivity index (χ3n) is 9.52. The molecule has 5 aliphatic rings. The molecule has 0 radical (unpaired) electrons. The first kappa shape index (κ1) is 18.8. The molecule has 2 aliphatic heterocycles. The summed E-state index contributed by atoms with van der Waals surface area (Å²) in [4.78, 5) is 7.71. The van der Waals surface area contributed by atoms with Crippen LogP contribution in [0.2, 0.25) is 0 Å². The first-order valence-corrected chi connectivity index (χ1v) is 12.4. The molecule has 5 heteroatoms. The molecule has 1 spiro atoms. The van der Waals surface area contributed by atoms with Gasteiger partial charge in [0.1, 0.15) is 0 Å². The summed E-state index contributed by atoms with van der Waals surface area (Å²) in [5.74, 6) is 1.53. The monoisotopic (exact) mass is 440 g/mol. The molecule has 168 valence electrons. The van der Waals surface area contributed by atoms with E-state index in [1.807, 2.05) is 6.07 Å². The number of hydrogen-bond donors (Lipinski definition) is 2. The molecular formula is C28H28N2O3. The predicted molar refractivity (Wildman–Crippen MR) is 125 cm³/mol. The molecule has 4 atom stereocenters. The van der Waals surface area contributed by atoms with Gasteiger partial charge in [0.25, 0.3) is 0 Å². The Balaban J connectivity index is 1.43. The van der Waals surface area contributed by atoms with Gasteiger partial charge >= 0.3 is 0 Å². The van der Waals surface area contributed by atoms with Crippen molar-refractivity contribution in [1.82, 2.24) is 9.88 Å². The summed E-state index contributed by atoms with van der Waals surface area (Å²) >= 11 is 0. The van der Waals surface area contributed by atoms with Crippen molar-refractivity contribution in [3.05, 3.63) is 64.3 Å². The number of rotatable bonds is 2. The molecule has 2 fully saturated rings. The maximum absolute atomic E-state index is 12.8. The van der Waals surface area contributed by atoms with Gasteiger partial charge in [-0.25, -0.2) is 4.98 Å². The molecule has 5 nitrogen and oxygen atoms in total. The van der Waals surface area contributed by atoms with E-state index in [9.17, 15) is 10.2 Å². The molecule has 3 heterocycles. The van der Waals surface area contributed by atoms with Crippen molar-refractivity contribution in [2.45, 2.75) is 62.2 Å². The Labute approximate surface area is 193 Å². The van der Waals surface area contributed by atoms with E-state index in [1.165, 1.54) is 24.0 Å². The average molecular weight is 441 g/mol. The summed E-state index contributed by atoms with van der Waals surface area (Å²) in [5, 5.41) is 24.8. The molecule has 0 unspecified atom stereocenters. The molecule has 3 aliphatic carbocycles. The molecule has 1 aromatic heterocycles. The topological polar surface area (TPSA) is 65.8 Å². The zero-order chi connectivity index (χ0) is 22.1. The van der Waals surface area contributed by atoms with Crippen molar-refractivity contribution in [2.75, 3.05) is 13.1 Å². The second-order valence-corrected chi connectivity index (χ2v) is 11.0. The number of hydrogen-bond acceptors (Lipinski definition) is 5. The van der Waals surface area contributed by atoms with Crippen LogP contribution in [0.5, 0.6) is 11.5 Å². The van der Waals surface area contributed by atoms with Gasteiger partial charge in [-0.05, 0) is 73.9 Å². The fourth-order valence-corrected chi connectivity index (χ4v) is 7.80. The second kappa shape index (κ2) is 5.89. The number of para-hydroxylation sites is 1. The Hall–Kier alpha value is -2.63. The van der Waals surface area contributed by atoms with Gasteiger partial charge in [-0.1, -0.05) is 24.3 Å². The van der Waals surface area contributed by atoms with Gasteiger partial charge in [0.05, 0.1) is 22.2 Å². The number of aliphatic hydroxyl groups is 1. The van der Waals surface area contributed by atoms with Crippen LogP contribution < -0.4 is 4.74 Å². The number of aryl methyl sites for hydroxylation is 1. The van der Waals surface area contributed by atoms with Crippen LogP contribution in [-0.2, 0) is 18.3 Å². The fourth-order valence-electron chi connectivity index (χ4n) is 7.80. The van der Waals surface area contributed by atoms with Crippen LogP contribution in [0.15, 0.2) is 36.4 Å². The van der Waals surface area contributed by atoms with E-state index < -0.39 is 11.0 Å². The van der Waals surface area contributed by atoms with E-state index in [-0.39, 0.29) is 17.9 Å². The van der Waals surface area contributed by atoms with E-state index in [4.69, 9.17) is 9.72 Å². The van der Waals surface area contributed by atoms with Crippen molar-refractivity contribution in [3.8, 4) is 11.5 Å². The number of phenols is 1. The van der Waals surface area contributed by atoms with Crippen molar-refractivity contribution < 1.29 is 14.9 Å². The SMILES string of the molecule is Cc1c2c(nc3ccccc13)[C@@H]1Oc3c(O)ccc4c3[C@@]13CCN(CC1CC1)[C@@H](C4)[C@]3(O)C2. The Bertz CT molecular complexity index is 1360. The Kier molecular flexibility index (Phi) is 3.35. The maximum atomic E-state index is 12.8. The summed E-state index contributed by atoms with van der Waals surface area (Å²) in [5.41, 5.74) is 5.02. The minimum Gasteiger partial charge on any atom is -0.504 e. The van der Waals surface area contributed by atoms with Crippen LogP contribution in [0, 0.1) is 12.8 Å². The summed E-state index contributed by atoms with van der Waals surface area (Å²) in [6, 6.07) is 12.2. The predicted octanol–water partition coefficient (Wildman–Crippen LogP) is 3.95. The molecule has 2 N–H and O–H groups in total. The maximum Gasteiger partial charge on any atom is 0.166 e. The number of aromatic hydroxyl groups is 1. The summed E-state index contributed by atoms with van der Waals surface area (Å²) in [6.45, 7) is 4.20. The zero-order valence-electron chi connectivity index (χ0n) is 18.8. The van der Waals surface area contributed by atoms with Gasteiger partial charge in [0.15, 0.2) is 17.6 Å². The Morgan fingerprint density at radius 2 is 2.03 bits per heavy atom. The molecule has 1 saturated heterocycles. The van der Waals surface area contributed by atoms with E-state index in [0.717, 1.165) is 59.6 Å². The van der Waals surface area contributed by atoms with Crippen molar-refractivity contribution >= 4 is 10.9 Å². The van der Waals surface area contributed by atoms with E-state index in [1.54, 1.807) is 6.07 Å². The van der Waals surface area contributed by atoms with E-state index in [0.29, 0.717) is 12.2 Å². The van der Waals surface area contributed by atoms with Gasteiger partial charge in [-0.15, -0.1) is 0 Å². The summed E-state index contributed by atoms with van der Waals surface area (Å²) < 4.78 is 6.64. The number of nitrogens with zero attached hydrogens (tertiary/aromatic N) is 2. The summed E-state index contributed by atoms with van der Waals surface area (Å²) in [7, 11) is 0. The lowest BCUT2D eigenvalue weighted by atomic mass is 9.48. The molecule has 8 rings (SSSR count). The molecule has 2 bridgehead atoms. The zero-order valence-corrected chi connectivity index (χ0v) is 18.8. The standard InChI is InChI=1S/C28H28N2O3/c1-15-18-4-2-3-5-20(18)29-24-19(15)13-28(32)22-12-17-8-9-21(31)25-23(17)27(28,26(24)33-25)10-11-30(22)14-16-6-7-16/h2-5,8-9,16,22,26,31-32H,6-7,10-14H2,1H3/t22-,26-,27-,28+/m0/s1. The first-order chi connectivity index (χ1) is 16.0. The second-order valence-electron chi connectivity index (χ2n) is 11.0. The van der Waals surface area contributed by atoms with Gasteiger partial charge in [-0.3, -0.25) is 4.90 Å². The number of piperidine rings is 1. The first-order valence-electron chi connectivity index (χ1n) is 12.4. The highest BCUT2D eigenvalue weighted by molar-refractivity contribution is 5.84. The minimum atomic E-state index is -0.946. The lowest BCUT2D eigenvalue weighted by Crippen LogP contribution is -2.74. The lowest BCUT2D eigenvalue weighted by Gasteiger charge is -2.63. The third kappa shape index (κ3) is 2.10. The summed E-state index contributed by atoms with van der Waals surface area (Å²) in [6.07, 6.45) is 4.47. The molecule has 33 heavy (non-hydrogen) atoms. The largest absolute Gasteiger partial charge is 0.504 e. The highest BCUT2D eigenvalue weighted by atomic mass is 16.5. The molecule has 0 amide bonds. The van der Waals surface area contributed by atoms with Gasteiger partial charge < -0.3 is 14.9 Å². The van der Waals surface area contributed by atoms with Crippen LogP contribution in [0.25, 0.3) is 10.9 Å². The van der Waals surface area contributed by atoms with E-state index >= 15 is 0 Å². The highest BCUT2D eigenvalue weighted by Crippen LogP contribution is 2.68. The van der Waals surface area contributed by atoms with Crippen LogP contribution >= 0.6 is 0 Å². The molecule has 1 saturated carbocycles. The fraction of sp³-hybridized carbons (Fsp3) is 0.464. The number of ether oxygens (including phenoxy) is 1. The number of likely N-dealkylation sites (tertiary alicyclic amines) is 1. The molecule has 2 aromatic carbocycles. The number of benzene rings is 2. The van der Waals surface area contributed by atoms with Crippen LogP contribution in [-0.4, -0.2) is 44.8 Å². The van der Waals surface area contributed by atoms with Crippen LogP contribution in [0.3, 0.4) is 0 Å². The molecular weight excluding hydrogens is 412 g/mol. The quantitative estimate of drug-likeness (QED) is 0.632. The third-order valence-corrected chi connectivity index (χ3v) is 9.52. The average Bonchev–Trinajstić information content (AvgIpc) is 3.55. The smallest absolute Gasteiger partial charge is 0.166 e. The van der Waals surface area contributed by atoms with Crippen molar-refractivity contribution in [1.29, 1.82) is 0 Å². The van der Waals surface area contributed by atoms with Gasteiger partial charge in [0, 0.05) is 30.0 Å². The van der Waals surface area contributed by atoms with Crippen LogP contribution in [0.1, 0.15) is 53.3 Å². The number of phenolic OH excluding ortho intramolecular Hbond substituents is 1. The highest BCUT2D eigenvalue weighted by Gasteiger charge is 2.72. The van der Waals surface area contributed by atoms with Crippen molar-refractivity contribution in [3.63, 3.8) is 0 Å². The number of pyridine rings is 1.